The summed E-state index contributed by atoms with van der Waals surface area (Å²) in [5.41, 5.74) is 8.91. The van der Waals surface area contributed by atoms with Crippen LogP contribution >= 0.6 is 11.6 Å². The van der Waals surface area contributed by atoms with Crippen LogP contribution in [-0.2, 0) is 13.5 Å². The van der Waals surface area contributed by atoms with Crippen LogP contribution in [0.5, 0.6) is 0 Å². The van der Waals surface area contributed by atoms with E-state index >= 15 is 0 Å². The van der Waals surface area contributed by atoms with Gasteiger partial charge in [-0.25, -0.2) is 4.98 Å². The van der Waals surface area contributed by atoms with E-state index in [0.29, 0.717) is 0 Å². The van der Waals surface area contributed by atoms with Gasteiger partial charge in [0.05, 0.1) is 11.0 Å². The van der Waals surface area contributed by atoms with E-state index in [-0.39, 0.29) is 6.04 Å². The van der Waals surface area contributed by atoms with Crippen molar-refractivity contribution in [3.8, 4) is 0 Å². The Labute approximate surface area is 100 Å². The third-order valence-electron chi connectivity index (χ3n) is 2.81. The van der Waals surface area contributed by atoms with E-state index in [1.807, 2.05) is 37.6 Å². The van der Waals surface area contributed by atoms with Gasteiger partial charge in [-0.3, -0.25) is 0 Å². The first-order valence-corrected chi connectivity index (χ1v) is 5.74. The molecule has 0 amide bonds. The lowest BCUT2D eigenvalue weighted by Crippen LogP contribution is -2.17. The summed E-state index contributed by atoms with van der Waals surface area (Å²) < 4.78 is 2.04. The van der Waals surface area contributed by atoms with Crippen molar-refractivity contribution in [2.75, 3.05) is 0 Å². The Balaban J connectivity index is 2.58. The molecule has 1 heterocycles. The van der Waals surface area contributed by atoms with Gasteiger partial charge in [0.1, 0.15) is 5.82 Å². The van der Waals surface area contributed by atoms with Gasteiger partial charge >= 0.3 is 0 Å². The number of nitrogens with two attached hydrogens (primary N) is 1. The van der Waals surface area contributed by atoms with E-state index in [2.05, 4.69) is 4.98 Å². The van der Waals surface area contributed by atoms with Crippen LogP contribution in [0.4, 0.5) is 0 Å². The molecule has 0 aliphatic rings. The van der Waals surface area contributed by atoms with E-state index in [4.69, 9.17) is 17.3 Å². The number of halogens is 1. The Bertz CT molecular complexity index is 529. The second-order valence-electron chi connectivity index (χ2n) is 4.33. The van der Waals surface area contributed by atoms with Crippen molar-refractivity contribution in [2.24, 2.45) is 12.8 Å². The molecular weight excluding hydrogens is 222 g/mol. The van der Waals surface area contributed by atoms with Crippen LogP contribution in [0.2, 0.25) is 5.02 Å². The van der Waals surface area contributed by atoms with Crippen LogP contribution in [0.25, 0.3) is 11.0 Å². The maximum atomic E-state index is 6.23. The highest BCUT2D eigenvalue weighted by molar-refractivity contribution is 6.32. The average molecular weight is 238 g/mol. The second-order valence-corrected chi connectivity index (χ2v) is 4.74. The Morgan fingerprint density at radius 2 is 2.19 bits per heavy atom. The summed E-state index contributed by atoms with van der Waals surface area (Å²) in [5, 5.41) is 0.771. The van der Waals surface area contributed by atoms with E-state index in [1.165, 1.54) is 0 Å². The molecular formula is C12H16ClN3. The van der Waals surface area contributed by atoms with Crippen molar-refractivity contribution in [3.63, 3.8) is 0 Å². The first-order valence-electron chi connectivity index (χ1n) is 5.36. The fourth-order valence-corrected chi connectivity index (χ4v) is 2.11. The van der Waals surface area contributed by atoms with Crippen molar-refractivity contribution < 1.29 is 0 Å². The van der Waals surface area contributed by atoms with Crippen molar-refractivity contribution in [1.82, 2.24) is 9.55 Å². The lowest BCUT2D eigenvalue weighted by Gasteiger charge is -2.07. The van der Waals surface area contributed by atoms with Gasteiger partial charge in [0.15, 0.2) is 0 Å². The molecule has 1 aromatic heterocycles. The number of hydrogen-bond acceptors (Lipinski definition) is 2. The Hall–Kier alpha value is -1.06. The maximum absolute atomic E-state index is 6.23. The number of benzene rings is 1. The van der Waals surface area contributed by atoms with Gasteiger partial charge in [0.2, 0.25) is 0 Å². The van der Waals surface area contributed by atoms with Crippen LogP contribution < -0.4 is 5.73 Å². The maximum Gasteiger partial charge on any atom is 0.106 e. The third-order valence-corrected chi connectivity index (χ3v) is 3.17. The molecule has 0 radical (unpaired) electrons. The number of aromatic nitrogens is 2. The SMILES string of the molecule is Cc1nc2cc(CC(C)N)c(Cl)cc2n1C. The summed E-state index contributed by atoms with van der Waals surface area (Å²) in [7, 11) is 1.99. The van der Waals surface area contributed by atoms with Gasteiger partial charge in [-0.1, -0.05) is 11.6 Å². The zero-order valence-electron chi connectivity index (χ0n) is 9.79. The number of nitrogens with zero attached hydrogens (tertiary/aromatic N) is 2. The van der Waals surface area contributed by atoms with E-state index in [1.54, 1.807) is 0 Å². The number of fused-ring (bicyclic) bond motifs is 1. The van der Waals surface area contributed by atoms with Crippen LogP contribution in [0, 0.1) is 6.92 Å². The summed E-state index contributed by atoms with van der Waals surface area (Å²) in [6, 6.07) is 4.11. The topological polar surface area (TPSA) is 43.8 Å². The first-order chi connectivity index (χ1) is 7.49. The summed E-state index contributed by atoms with van der Waals surface area (Å²) >= 11 is 6.23. The first kappa shape index (κ1) is 11.4. The van der Waals surface area contributed by atoms with Crippen molar-refractivity contribution >= 4 is 22.6 Å². The highest BCUT2D eigenvalue weighted by Gasteiger charge is 2.10. The molecule has 86 valence electrons. The number of hydrogen-bond donors (Lipinski definition) is 1. The Morgan fingerprint density at radius 1 is 1.50 bits per heavy atom. The molecule has 0 fully saturated rings. The standard InChI is InChI=1S/C12H16ClN3/c1-7(14)4-9-5-11-12(6-10(9)13)16(3)8(2)15-11/h5-7H,4,14H2,1-3H3. The number of aryl methyl sites for hydroxylation is 2. The minimum Gasteiger partial charge on any atom is -0.331 e. The predicted molar refractivity (Wildman–Crippen MR) is 67.8 cm³/mol. The van der Waals surface area contributed by atoms with Gasteiger partial charge in [-0.2, -0.15) is 0 Å². The normalized spacial score (nSPS) is 13.3. The average Bonchev–Trinajstić information content (AvgIpc) is 2.44. The van der Waals surface area contributed by atoms with Crippen LogP contribution in [0.15, 0.2) is 12.1 Å². The molecule has 0 aliphatic heterocycles. The lowest BCUT2D eigenvalue weighted by molar-refractivity contribution is 0.739. The largest absolute Gasteiger partial charge is 0.331 e. The zero-order chi connectivity index (χ0) is 11.9. The van der Waals surface area contributed by atoms with Crippen LogP contribution in [0.3, 0.4) is 0 Å². The van der Waals surface area contributed by atoms with Crippen molar-refractivity contribution in [1.29, 1.82) is 0 Å². The zero-order valence-corrected chi connectivity index (χ0v) is 10.5. The fraction of sp³-hybridized carbons (Fsp3) is 0.417. The molecule has 2 N–H and O–H groups in total. The highest BCUT2D eigenvalue weighted by atomic mass is 35.5. The summed E-state index contributed by atoms with van der Waals surface area (Å²) in [6.07, 6.45) is 0.782. The number of imidazole rings is 1. The third kappa shape index (κ3) is 1.93. The molecule has 1 atom stereocenters. The molecule has 0 saturated heterocycles. The van der Waals surface area contributed by atoms with Gasteiger partial charge in [-0.05, 0) is 38.0 Å². The molecule has 2 aromatic rings. The molecule has 1 aromatic carbocycles. The van der Waals surface area contributed by atoms with E-state index in [9.17, 15) is 0 Å². The minimum absolute atomic E-state index is 0.111. The van der Waals surface area contributed by atoms with Crippen molar-refractivity contribution in [3.05, 3.63) is 28.5 Å². The molecule has 16 heavy (non-hydrogen) atoms. The number of rotatable bonds is 2. The van der Waals surface area contributed by atoms with Gasteiger partial charge in [0, 0.05) is 18.1 Å². The quantitative estimate of drug-likeness (QED) is 0.872. The smallest absolute Gasteiger partial charge is 0.106 e. The second kappa shape index (κ2) is 4.07. The predicted octanol–water partition coefficient (Wildman–Crippen LogP) is 2.42. The monoisotopic (exact) mass is 237 g/mol. The van der Waals surface area contributed by atoms with E-state index in [0.717, 1.165) is 33.9 Å². The van der Waals surface area contributed by atoms with Crippen LogP contribution in [0.1, 0.15) is 18.3 Å². The minimum atomic E-state index is 0.111. The van der Waals surface area contributed by atoms with Gasteiger partial charge < -0.3 is 10.3 Å². The summed E-state index contributed by atoms with van der Waals surface area (Å²) in [5.74, 6) is 0.990. The van der Waals surface area contributed by atoms with E-state index < -0.39 is 0 Å². The molecule has 0 spiro atoms. The van der Waals surface area contributed by atoms with Gasteiger partial charge in [0.25, 0.3) is 0 Å². The molecule has 0 bridgehead atoms. The molecule has 2 rings (SSSR count). The summed E-state index contributed by atoms with van der Waals surface area (Å²) in [6.45, 7) is 3.96. The summed E-state index contributed by atoms with van der Waals surface area (Å²) in [4.78, 5) is 4.49. The Kier molecular flexibility index (Phi) is 2.91. The molecule has 0 aliphatic carbocycles. The molecule has 3 nitrogen and oxygen atoms in total. The lowest BCUT2D eigenvalue weighted by atomic mass is 10.1. The highest BCUT2D eigenvalue weighted by Crippen LogP contribution is 2.25. The van der Waals surface area contributed by atoms with Crippen LogP contribution in [-0.4, -0.2) is 15.6 Å². The molecule has 4 heteroatoms. The van der Waals surface area contributed by atoms with Gasteiger partial charge in [-0.15, -0.1) is 0 Å². The molecule has 1 unspecified atom stereocenters. The van der Waals surface area contributed by atoms with Crippen molar-refractivity contribution in [2.45, 2.75) is 26.3 Å². The Morgan fingerprint density at radius 3 is 2.81 bits per heavy atom. The fourth-order valence-electron chi connectivity index (χ4n) is 1.88. The molecule has 0 saturated carbocycles.